The molecule has 0 amide bonds. The number of hydrogen-bond donors (Lipinski definition) is 1. The van der Waals surface area contributed by atoms with Crippen molar-refractivity contribution in [1.29, 1.82) is 0 Å². The number of nitrogens with zero attached hydrogens (tertiary/aromatic N) is 5. The lowest BCUT2D eigenvalue weighted by atomic mass is 10.3. The van der Waals surface area contributed by atoms with Crippen LogP contribution in [-0.2, 0) is 13.6 Å². The van der Waals surface area contributed by atoms with Crippen LogP contribution in [0.4, 0.5) is 0 Å². The van der Waals surface area contributed by atoms with Crippen LogP contribution >= 0.6 is 11.6 Å². The summed E-state index contributed by atoms with van der Waals surface area (Å²) in [5.41, 5.74) is 0.744. The Morgan fingerprint density at radius 2 is 2.21 bits per heavy atom. The molecular weight excluding hydrogens is 266 g/mol. The summed E-state index contributed by atoms with van der Waals surface area (Å²) in [6.07, 6.45) is 2.42. The van der Waals surface area contributed by atoms with Crippen molar-refractivity contribution in [2.24, 2.45) is 7.05 Å². The zero-order valence-electron chi connectivity index (χ0n) is 11.2. The number of aliphatic hydroxyl groups is 1. The van der Waals surface area contributed by atoms with Crippen LogP contribution in [0.25, 0.3) is 11.0 Å². The van der Waals surface area contributed by atoms with Crippen molar-refractivity contribution in [3.8, 4) is 0 Å². The molecule has 0 unspecified atom stereocenters. The van der Waals surface area contributed by atoms with E-state index in [0.717, 1.165) is 30.5 Å². The summed E-state index contributed by atoms with van der Waals surface area (Å²) >= 11 is 6.14. The highest BCUT2D eigenvalue weighted by atomic mass is 35.5. The van der Waals surface area contributed by atoms with E-state index in [1.807, 2.05) is 7.05 Å². The minimum absolute atomic E-state index is 0.193. The predicted molar refractivity (Wildman–Crippen MR) is 74.0 cm³/mol. The van der Waals surface area contributed by atoms with Crippen molar-refractivity contribution in [2.45, 2.75) is 19.9 Å². The third-order valence-corrected chi connectivity index (χ3v) is 3.32. The van der Waals surface area contributed by atoms with Crippen molar-refractivity contribution < 1.29 is 5.11 Å². The van der Waals surface area contributed by atoms with E-state index in [1.165, 1.54) is 0 Å². The number of halogens is 1. The van der Waals surface area contributed by atoms with Crippen LogP contribution in [0.5, 0.6) is 0 Å². The van der Waals surface area contributed by atoms with Gasteiger partial charge in [-0.1, -0.05) is 18.5 Å². The monoisotopic (exact) mass is 283 g/mol. The second-order valence-electron chi connectivity index (χ2n) is 4.38. The van der Waals surface area contributed by atoms with Gasteiger partial charge in [-0.3, -0.25) is 9.58 Å². The lowest BCUT2D eigenvalue weighted by Gasteiger charge is -2.18. The first-order valence-electron chi connectivity index (χ1n) is 6.33. The Balaban J connectivity index is 2.22. The maximum Gasteiger partial charge on any atom is 0.162 e. The molecule has 0 aromatic carbocycles. The molecule has 2 aromatic heterocycles. The van der Waals surface area contributed by atoms with E-state index < -0.39 is 0 Å². The van der Waals surface area contributed by atoms with E-state index in [-0.39, 0.29) is 6.61 Å². The number of aromatic nitrogens is 4. The highest BCUT2D eigenvalue weighted by molar-refractivity contribution is 6.33. The SMILES string of the molecule is CCN(CCCO)Cc1nc(Cl)c2cnn(C)c2n1. The average molecular weight is 284 g/mol. The lowest BCUT2D eigenvalue weighted by molar-refractivity contribution is 0.222. The first-order valence-corrected chi connectivity index (χ1v) is 6.70. The van der Waals surface area contributed by atoms with Crippen molar-refractivity contribution in [3.05, 3.63) is 17.2 Å². The average Bonchev–Trinajstić information content (AvgIpc) is 2.77. The summed E-state index contributed by atoms with van der Waals surface area (Å²) < 4.78 is 1.69. The maximum absolute atomic E-state index is 8.88. The summed E-state index contributed by atoms with van der Waals surface area (Å²) in [6, 6.07) is 0. The van der Waals surface area contributed by atoms with Crippen molar-refractivity contribution >= 4 is 22.6 Å². The fourth-order valence-electron chi connectivity index (χ4n) is 1.94. The molecule has 7 heteroatoms. The molecule has 2 heterocycles. The molecule has 2 rings (SSSR count). The van der Waals surface area contributed by atoms with Crippen molar-refractivity contribution in [2.75, 3.05) is 19.7 Å². The van der Waals surface area contributed by atoms with Crippen LogP contribution in [0, 0.1) is 0 Å². The topological polar surface area (TPSA) is 67.1 Å². The van der Waals surface area contributed by atoms with Gasteiger partial charge in [-0.05, 0) is 13.0 Å². The van der Waals surface area contributed by atoms with E-state index in [2.05, 4.69) is 26.9 Å². The summed E-state index contributed by atoms with van der Waals surface area (Å²) in [5.74, 6) is 0.681. The molecule has 0 aliphatic heterocycles. The summed E-state index contributed by atoms with van der Waals surface area (Å²) in [4.78, 5) is 11.0. The van der Waals surface area contributed by atoms with Crippen LogP contribution < -0.4 is 0 Å². The fraction of sp³-hybridized carbons (Fsp3) is 0.583. The van der Waals surface area contributed by atoms with Gasteiger partial charge in [-0.25, -0.2) is 9.97 Å². The zero-order valence-corrected chi connectivity index (χ0v) is 11.9. The fourth-order valence-corrected chi connectivity index (χ4v) is 2.17. The molecule has 0 fully saturated rings. The Hall–Kier alpha value is -1.24. The highest BCUT2D eigenvalue weighted by Gasteiger charge is 2.12. The Morgan fingerprint density at radius 3 is 2.89 bits per heavy atom. The first-order chi connectivity index (χ1) is 9.15. The third-order valence-electron chi connectivity index (χ3n) is 3.04. The quantitative estimate of drug-likeness (QED) is 0.808. The largest absolute Gasteiger partial charge is 0.396 e. The Bertz CT molecular complexity index is 556. The van der Waals surface area contributed by atoms with Gasteiger partial charge in [-0.15, -0.1) is 0 Å². The van der Waals surface area contributed by atoms with E-state index >= 15 is 0 Å². The standard InChI is InChI=1S/C12H18ClN5O/c1-3-18(5-4-6-19)8-10-15-11(13)9-7-14-17(2)12(9)16-10/h7,19H,3-6,8H2,1-2H3. The predicted octanol–water partition coefficient (Wildman–Crippen LogP) is 1.22. The van der Waals surface area contributed by atoms with E-state index in [9.17, 15) is 0 Å². The Morgan fingerprint density at radius 1 is 1.42 bits per heavy atom. The van der Waals surface area contributed by atoms with Crippen LogP contribution in [0.15, 0.2) is 6.20 Å². The van der Waals surface area contributed by atoms with Gasteiger partial charge in [-0.2, -0.15) is 5.10 Å². The second kappa shape index (κ2) is 6.27. The van der Waals surface area contributed by atoms with Gasteiger partial charge in [0.1, 0.15) is 11.0 Å². The molecule has 0 atom stereocenters. The van der Waals surface area contributed by atoms with Gasteiger partial charge < -0.3 is 5.11 Å². The molecule has 104 valence electrons. The molecule has 19 heavy (non-hydrogen) atoms. The molecule has 0 aliphatic rings. The molecule has 0 spiro atoms. The number of hydrogen-bond acceptors (Lipinski definition) is 5. The molecule has 0 bridgehead atoms. The Kier molecular flexibility index (Phi) is 4.68. The van der Waals surface area contributed by atoms with E-state index in [1.54, 1.807) is 10.9 Å². The molecule has 0 radical (unpaired) electrons. The van der Waals surface area contributed by atoms with Gasteiger partial charge in [0, 0.05) is 20.2 Å². The van der Waals surface area contributed by atoms with Crippen molar-refractivity contribution in [1.82, 2.24) is 24.6 Å². The third kappa shape index (κ3) is 3.20. The summed E-state index contributed by atoms with van der Waals surface area (Å²) in [5, 5.41) is 14.2. The number of fused-ring (bicyclic) bond motifs is 1. The Labute approximate surface area is 117 Å². The summed E-state index contributed by atoms with van der Waals surface area (Å²) in [7, 11) is 1.83. The highest BCUT2D eigenvalue weighted by Crippen LogP contribution is 2.19. The molecule has 6 nitrogen and oxygen atoms in total. The second-order valence-corrected chi connectivity index (χ2v) is 4.74. The zero-order chi connectivity index (χ0) is 13.8. The first kappa shape index (κ1) is 14.2. The molecule has 0 saturated carbocycles. The van der Waals surface area contributed by atoms with Crippen LogP contribution in [-0.4, -0.2) is 49.5 Å². The van der Waals surface area contributed by atoms with Crippen LogP contribution in [0.3, 0.4) is 0 Å². The van der Waals surface area contributed by atoms with Crippen LogP contribution in [0.1, 0.15) is 19.2 Å². The molecule has 1 N–H and O–H groups in total. The molecule has 2 aromatic rings. The van der Waals surface area contributed by atoms with Gasteiger partial charge in [0.15, 0.2) is 5.65 Å². The smallest absolute Gasteiger partial charge is 0.162 e. The van der Waals surface area contributed by atoms with Gasteiger partial charge in [0.2, 0.25) is 0 Å². The van der Waals surface area contributed by atoms with Crippen molar-refractivity contribution in [3.63, 3.8) is 0 Å². The maximum atomic E-state index is 8.88. The number of aryl methyl sites for hydroxylation is 1. The number of aliphatic hydroxyl groups excluding tert-OH is 1. The molecule has 0 saturated heterocycles. The normalized spacial score (nSPS) is 11.6. The molecule has 0 aliphatic carbocycles. The van der Waals surface area contributed by atoms with E-state index in [4.69, 9.17) is 16.7 Å². The van der Waals surface area contributed by atoms with E-state index in [0.29, 0.717) is 17.5 Å². The molecular formula is C12H18ClN5O. The lowest BCUT2D eigenvalue weighted by Crippen LogP contribution is -2.25. The van der Waals surface area contributed by atoms with Gasteiger partial charge in [0.05, 0.1) is 18.1 Å². The van der Waals surface area contributed by atoms with Crippen LogP contribution in [0.2, 0.25) is 5.15 Å². The minimum atomic E-state index is 0.193. The van der Waals surface area contributed by atoms with Gasteiger partial charge >= 0.3 is 0 Å². The minimum Gasteiger partial charge on any atom is -0.396 e. The number of rotatable bonds is 6. The summed E-state index contributed by atoms with van der Waals surface area (Å²) in [6.45, 7) is 4.58. The van der Waals surface area contributed by atoms with Gasteiger partial charge in [0.25, 0.3) is 0 Å².